The van der Waals surface area contributed by atoms with E-state index in [1.165, 1.54) is 10.5 Å². The molecule has 0 saturated carbocycles. The number of sulfonamides is 1. The van der Waals surface area contributed by atoms with E-state index in [1.807, 2.05) is 6.07 Å². The number of nitrogens with one attached hydrogen (secondary N) is 2. The van der Waals surface area contributed by atoms with Gasteiger partial charge in [-0.1, -0.05) is 23.2 Å². The fraction of sp³-hybridized carbons (Fsp3) is 0.593. The molecule has 2 aromatic heterocycles. The van der Waals surface area contributed by atoms with Crippen LogP contribution in [0.25, 0.3) is 11.3 Å². The highest BCUT2D eigenvalue weighted by Gasteiger charge is 2.34. The number of amides is 1. The molecule has 2 aromatic rings. The van der Waals surface area contributed by atoms with Gasteiger partial charge < -0.3 is 15.4 Å². The minimum Gasteiger partial charge on any atom is -0.376 e. The van der Waals surface area contributed by atoms with Crippen LogP contribution in [0.1, 0.15) is 53.4 Å². The minimum atomic E-state index is -3.43. The van der Waals surface area contributed by atoms with Gasteiger partial charge in [-0.3, -0.25) is 4.79 Å². The Hall–Kier alpha value is -1.98. The number of anilines is 2. The lowest BCUT2D eigenvalue weighted by atomic mass is 9.88. The van der Waals surface area contributed by atoms with Crippen molar-refractivity contribution in [3.05, 3.63) is 34.4 Å². The molecule has 0 radical (unpaired) electrons. The van der Waals surface area contributed by atoms with E-state index in [2.05, 4.69) is 29.5 Å². The first kappa shape index (κ1) is 30.0. The Bertz CT molecular complexity index is 1310. The van der Waals surface area contributed by atoms with Crippen molar-refractivity contribution in [2.75, 3.05) is 36.9 Å². The molecule has 2 aliphatic heterocycles. The molecule has 12 heteroatoms. The summed E-state index contributed by atoms with van der Waals surface area (Å²) in [5, 5.41) is 6.47. The predicted molar refractivity (Wildman–Crippen MR) is 156 cm³/mol. The second-order valence-corrected chi connectivity index (χ2v) is 14.5. The summed E-state index contributed by atoms with van der Waals surface area (Å²) in [5.74, 6) is 0.674. The normalized spacial score (nSPS) is 22.0. The summed E-state index contributed by atoms with van der Waals surface area (Å²) < 4.78 is 32.5. The summed E-state index contributed by atoms with van der Waals surface area (Å²) in [4.78, 5) is 22.1. The second kappa shape index (κ2) is 12.3. The van der Waals surface area contributed by atoms with E-state index in [0.717, 1.165) is 26.0 Å². The Morgan fingerprint density at radius 2 is 1.97 bits per heavy atom. The van der Waals surface area contributed by atoms with Crippen LogP contribution in [0, 0.1) is 11.8 Å². The van der Waals surface area contributed by atoms with Gasteiger partial charge in [-0.25, -0.2) is 22.7 Å². The largest absolute Gasteiger partial charge is 0.376 e. The lowest BCUT2D eigenvalue weighted by molar-refractivity contribution is -0.120. The lowest BCUT2D eigenvalue weighted by Crippen LogP contribution is -2.46. The number of carbonyl (C=O) groups is 1. The van der Waals surface area contributed by atoms with E-state index >= 15 is 0 Å². The van der Waals surface area contributed by atoms with Crippen LogP contribution in [0.3, 0.4) is 0 Å². The summed E-state index contributed by atoms with van der Waals surface area (Å²) >= 11 is 13.0. The maximum Gasteiger partial charge on any atom is 0.229 e. The number of halogens is 2. The van der Waals surface area contributed by atoms with Gasteiger partial charge in [-0.05, 0) is 77.5 Å². The fourth-order valence-electron chi connectivity index (χ4n) is 5.11. The molecule has 0 spiro atoms. The Balaban J connectivity index is 1.47. The maximum absolute atomic E-state index is 13.1. The van der Waals surface area contributed by atoms with Gasteiger partial charge in [0.05, 0.1) is 32.5 Å². The molecular formula is C27H37Cl2N5O4S. The number of hydrogen-bond acceptors (Lipinski definition) is 7. The Kier molecular flexibility index (Phi) is 9.43. The average Bonchev–Trinajstić information content (AvgIpc) is 2.89. The van der Waals surface area contributed by atoms with E-state index in [4.69, 9.17) is 32.9 Å². The zero-order valence-electron chi connectivity index (χ0n) is 22.8. The SMILES string of the molecule is CC(C)S(=O)(=O)N1CCCC(C(=O)Nc2cc(-c3nc(NC[C@H]4CCOC(C)(C)C4)ccc3Cl)c(Cl)cn2)C1. The standard InChI is InChI=1S/C27H37Cl2N5O4S/c1-17(2)39(36,37)34-10-5-6-19(16-34)26(35)33-24-12-20(22(29)15-31-24)25-21(28)7-8-23(32-25)30-14-18-9-11-38-27(3,4)13-18/h7-8,12,15,17-19H,5-6,9-11,13-14,16H2,1-4H3,(H,30,32)(H,31,33,35)/t18-,19?/m0/s1. The third-order valence-electron chi connectivity index (χ3n) is 7.29. The number of pyridine rings is 2. The second-order valence-electron chi connectivity index (χ2n) is 11.2. The first-order valence-corrected chi connectivity index (χ1v) is 15.6. The summed E-state index contributed by atoms with van der Waals surface area (Å²) in [5.41, 5.74) is 0.881. The Morgan fingerprint density at radius 1 is 1.21 bits per heavy atom. The van der Waals surface area contributed by atoms with E-state index in [0.29, 0.717) is 58.2 Å². The van der Waals surface area contributed by atoms with Crippen molar-refractivity contribution >= 4 is 50.8 Å². The third-order valence-corrected chi connectivity index (χ3v) is 10.1. The van der Waals surface area contributed by atoms with Crippen molar-refractivity contribution in [2.45, 2.75) is 64.2 Å². The molecule has 1 amide bonds. The molecule has 2 saturated heterocycles. The molecule has 9 nitrogen and oxygen atoms in total. The van der Waals surface area contributed by atoms with E-state index in [-0.39, 0.29) is 18.1 Å². The van der Waals surface area contributed by atoms with Crippen molar-refractivity contribution in [3.8, 4) is 11.3 Å². The molecule has 39 heavy (non-hydrogen) atoms. The monoisotopic (exact) mass is 597 g/mol. The van der Waals surface area contributed by atoms with Gasteiger partial charge in [0.1, 0.15) is 11.6 Å². The van der Waals surface area contributed by atoms with Crippen molar-refractivity contribution < 1.29 is 17.9 Å². The van der Waals surface area contributed by atoms with E-state index in [9.17, 15) is 13.2 Å². The van der Waals surface area contributed by atoms with Crippen LogP contribution in [0.15, 0.2) is 24.4 Å². The van der Waals surface area contributed by atoms with Gasteiger partial charge in [0.15, 0.2) is 0 Å². The quantitative estimate of drug-likeness (QED) is 0.415. The zero-order chi connectivity index (χ0) is 28.4. The van der Waals surface area contributed by atoms with E-state index in [1.54, 1.807) is 26.0 Å². The maximum atomic E-state index is 13.1. The number of hydrogen-bond donors (Lipinski definition) is 2. The molecule has 2 atom stereocenters. The highest BCUT2D eigenvalue weighted by Crippen LogP contribution is 2.35. The van der Waals surface area contributed by atoms with Gasteiger partial charge in [0.25, 0.3) is 0 Å². The van der Waals surface area contributed by atoms with Gasteiger partial charge in [0.2, 0.25) is 15.9 Å². The van der Waals surface area contributed by atoms with Crippen LogP contribution >= 0.6 is 23.2 Å². The molecule has 0 aromatic carbocycles. The first-order chi connectivity index (χ1) is 18.4. The predicted octanol–water partition coefficient (Wildman–Crippen LogP) is 5.46. The molecule has 4 rings (SSSR count). The van der Waals surface area contributed by atoms with Gasteiger partial charge in [0, 0.05) is 38.0 Å². The molecule has 4 heterocycles. The molecule has 2 N–H and O–H groups in total. The molecular weight excluding hydrogens is 561 g/mol. The van der Waals surface area contributed by atoms with Crippen molar-refractivity contribution in [2.24, 2.45) is 11.8 Å². The minimum absolute atomic E-state index is 0.132. The van der Waals surface area contributed by atoms with Gasteiger partial charge in [-0.15, -0.1) is 0 Å². The van der Waals surface area contributed by atoms with Crippen molar-refractivity contribution in [3.63, 3.8) is 0 Å². The Morgan fingerprint density at radius 3 is 2.69 bits per heavy atom. The number of ether oxygens (including phenoxy) is 1. The van der Waals surface area contributed by atoms with Crippen molar-refractivity contribution in [1.29, 1.82) is 0 Å². The van der Waals surface area contributed by atoms with Crippen LogP contribution in [0.5, 0.6) is 0 Å². The lowest BCUT2D eigenvalue weighted by Gasteiger charge is -2.35. The summed E-state index contributed by atoms with van der Waals surface area (Å²) in [6, 6.07) is 5.24. The number of nitrogens with zero attached hydrogens (tertiary/aromatic N) is 3. The van der Waals surface area contributed by atoms with Gasteiger partial charge in [-0.2, -0.15) is 0 Å². The van der Waals surface area contributed by atoms with Crippen LogP contribution in [0.2, 0.25) is 10.0 Å². The Labute approximate surface area is 241 Å². The van der Waals surface area contributed by atoms with Crippen LogP contribution in [-0.2, 0) is 19.6 Å². The average molecular weight is 599 g/mol. The smallest absolute Gasteiger partial charge is 0.229 e. The van der Waals surface area contributed by atoms with Gasteiger partial charge >= 0.3 is 0 Å². The first-order valence-electron chi connectivity index (χ1n) is 13.4. The third kappa shape index (κ3) is 7.41. The summed E-state index contributed by atoms with van der Waals surface area (Å²) in [6.45, 7) is 9.59. The highest BCUT2D eigenvalue weighted by atomic mass is 35.5. The molecule has 1 unspecified atom stereocenters. The van der Waals surface area contributed by atoms with E-state index < -0.39 is 21.2 Å². The fourth-order valence-corrected chi connectivity index (χ4v) is 6.88. The number of carbonyl (C=O) groups excluding carboxylic acids is 1. The van der Waals surface area contributed by atoms with Crippen LogP contribution in [-0.4, -0.2) is 65.7 Å². The zero-order valence-corrected chi connectivity index (χ0v) is 25.2. The van der Waals surface area contributed by atoms with Crippen LogP contribution < -0.4 is 10.6 Å². The number of rotatable bonds is 8. The highest BCUT2D eigenvalue weighted by molar-refractivity contribution is 7.89. The topological polar surface area (TPSA) is 114 Å². The van der Waals surface area contributed by atoms with Crippen molar-refractivity contribution in [1.82, 2.24) is 14.3 Å². The molecule has 2 fully saturated rings. The summed E-state index contributed by atoms with van der Waals surface area (Å²) in [7, 11) is -3.43. The molecule has 2 aliphatic rings. The number of aromatic nitrogens is 2. The van der Waals surface area contributed by atoms with Crippen LogP contribution in [0.4, 0.5) is 11.6 Å². The molecule has 0 aliphatic carbocycles. The molecule has 0 bridgehead atoms. The summed E-state index contributed by atoms with van der Waals surface area (Å²) in [6.07, 6.45) is 4.61. The molecule has 214 valence electrons. The number of piperidine rings is 1.